The van der Waals surface area contributed by atoms with E-state index in [1.54, 1.807) is 0 Å². The fourth-order valence-electron chi connectivity index (χ4n) is 2.03. The first-order valence-electron chi connectivity index (χ1n) is 7.09. The highest BCUT2D eigenvalue weighted by Gasteiger charge is 2.24. The van der Waals surface area contributed by atoms with E-state index in [0.717, 1.165) is 25.3 Å². The highest BCUT2D eigenvalue weighted by atomic mass is 16.5. The third kappa shape index (κ3) is 6.67. The van der Waals surface area contributed by atoms with Crippen molar-refractivity contribution in [2.24, 2.45) is 5.92 Å². The van der Waals surface area contributed by atoms with E-state index in [1.807, 2.05) is 0 Å². The van der Waals surface area contributed by atoms with Gasteiger partial charge >= 0.3 is 5.97 Å². The van der Waals surface area contributed by atoms with Gasteiger partial charge in [0.2, 0.25) is 0 Å². The van der Waals surface area contributed by atoms with Crippen molar-refractivity contribution < 1.29 is 9.53 Å². The fourth-order valence-corrected chi connectivity index (χ4v) is 2.03. The Hall–Kier alpha value is -0.570. The highest BCUT2D eigenvalue weighted by molar-refractivity contribution is 5.75. The first-order valence-corrected chi connectivity index (χ1v) is 7.09. The van der Waals surface area contributed by atoms with Crippen LogP contribution in [-0.2, 0) is 9.53 Å². The molecular weight excluding hydrogens is 214 g/mol. The van der Waals surface area contributed by atoms with Gasteiger partial charge in [0.05, 0.1) is 7.11 Å². The number of rotatable bonds is 10. The van der Waals surface area contributed by atoms with Crippen LogP contribution in [0.2, 0.25) is 0 Å². The van der Waals surface area contributed by atoms with Gasteiger partial charge in [-0.25, -0.2) is 0 Å². The van der Waals surface area contributed by atoms with Crippen LogP contribution >= 0.6 is 0 Å². The number of carbonyl (C=O) groups is 1. The molecule has 1 unspecified atom stereocenters. The Morgan fingerprint density at radius 3 is 2.59 bits per heavy atom. The molecule has 1 aliphatic rings. The topological polar surface area (TPSA) is 38.3 Å². The molecule has 0 radical (unpaired) electrons. The number of ether oxygens (including phenoxy) is 1. The lowest BCUT2D eigenvalue weighted by atomic mass is 10.1. The molecule has 1 atom stereocenters. The van der Waals surface area contributed by atoms with Crippen molar-refractivity contribution in [1.82, 2.24) is 5.32 Å². The van der Waals surface area contributed by atoms with Gasteiger partial charge in [0.15, 0.2) is 0 Å². The summed E-state index contributed by atoms with van der Waals surface area (Å²) < 4.78 is 4.84. The lowest BCUT2D eigenvalue weighted by Crippen LogP contribution is -2.38. The van der Waals surface area contributed by atoms with Gasteiger partial charge in [0.1, 0.15) is 6.04 Å². The maximum Gasteiger partial charge on any atom is 0.322 e. The standard InChI is InChI=1S/C14H27NO2/c1-3-4-5-6-7-8-13(14(16)17-2)15-11-12-9-10-12/h12-13,15H,3-11H2,1-2H3. The van der Waals surface area contributed by atoms with E-state index < -0.39 is 0 Å². The molecular formula is C14H27NO2. The Morgan fingerprint density at radius 1 is 1.29 bits per heavy atom. The van der Waals surface area contributed by atoms with E-state index in [-0.39, 0.29) is 12.0 Å². The van der Waals surface area contributed by atoms with Crippen molar-refractivity contribution in [3.8, 4) is 0 Å². The van der Waals surface area contributed by atoms with Crippen molar-refractivity contribution >= 4 is 5.97 Å². The summed E-state index contributed by atoms with van der Waals surface area (Å²) in [6, 6.07) is -0.0813. The zero-order valence-electron chi connectivity index (χ0n) is 11.3. The molecule has 3 nitrogen and oxygen atoms in total. The monoisotopic (exact) mass is 241 g/mol. The quantitative estimate of drug-likeness (QED) is 0.472. The van der Waals surface area contributed by atoms with E-state index in [1.165, 1.54) is 45.6 Å². The summed E-state index contributed by atoms with van der Waals surface area (Å²) >= 11 is 0. The van der Waals surface area contributed by atoms with Crippen LogP contribution in [0.3, 0.4) is 0 Å². The zero-order valence-corrected chi connectivity index (χ0v) is 11.3. The Kier molecular flexibility index (Phi) is 7.25. The number of methoxy groups -OCH3 is 1. The van der Waals surface area contributed by atoms with Crippen LogP contribution in [-0.4, -0.2) is 25.7 Å². The van der Waals surface area contributed by atoms with Crippen molar-refractivity contribution in [1.29, 1.82) is 0 Å². The van der Waals surface area contributed by atoms with Crippen LogP contribution in [0.15, 0.2) is 0 Å². The molecule has 0 spiro atoms. The Balaban J connectivity index is 2.12. The number of hydrogen-bond acceptors (Lipinski definition) is 3. The number of carbonyl (C=O) groups excluding carboxylic acids is 1. The van der Waals surface area contributed by atoms with Crippen LogP contribution in [0.5, 0.6) is 0 Å². The molecule has 100 valence electrons. The third-order valence-corrected chi connectivity index (χ3v) is 3.43. The number of nitrogens with one attached hydrogen (secondary N) is 1. The van der Waals surface area contributed by atoms with Crippen LogP contribution < -0.4 is 5.32 Å². The first kappa shape index (κ1) is 14.5. The normalized spacial score (nSPS) is 16.8. The van der Waals surface area contributed by atoms with Gasteiger partial charge in [-0.15, -0.1) is 0 Å². The molecule has 1 rings (SSSR count). The summed E-state index contributed by atoms with van der Waals surface area (Å²) in [6.07, 6.45) is 9.76. The van der Waals surface area contributed by atoms with Crippen LogP contribution in [0, 0.1) is 5.92 Å². The molecule has 17 heavy (non-hydrogen) atoms. The summed E-state index contributed by atoms with van der Waals surface area (Å²) in [5.74, 6) is 0.711. The molecule has 0 heterocycles. The molecule has 0 aromatic carbocycles. The van der Waals surface area contributed by atoms with Crippen molar-refractivity contribution in [2.45, 2.75) is 64.3 Å². The third-order valence-electron chi connectivity index (χ3n) is 3.43. The van der Waals surface area contributed by atoms with E-state index in [2.05, 4.69) is 12.2 Å². The summed E-state index contributed by atoms with van der Waals surface area (Å²) in [4.78, 5) is 11.6. The predicted octanol–water partition coefficient (Wildman–Crippen LogP) is 2.89. The highest BCUT2D eigenvalue weighted by Crippen LogP contribution is 2.27. The Labute approximate surface area is 105 Å². The maximum absolute atomic E-state index is 11.6. The van der Waals surface area contributed by atoms with E-state index in [0.29, 0.717) is 0 Å². The molecule has 1 saturated carbocycles. The average Bonchev–Trinajstić information content (AvgIpc) is 3.15. The molecule has 0 aromatic rings. The molecule has 0 aromatic heterocycles. The van der Waals surface area contributed by atoms with Gasteiger partial charge in [0, 0.05) is 0 Å². The lowest BCUT2D eigenvalue weighted by molar-refractivity contribution is -0.143. The van der Waals surface area contributed by atoms with Crippen molar-refractivity contribution in [3.05, 3.63) is 0 Å². The van der Waals surface area contributed by atoms with Gasteiger partial charge in [0.25, 0.3) is 0 Å². The molecule has 1 aliphatic carbocycles. The van der Waals surface area contributed by atoms with E-state index in [9.17, 15) is 4.79 Å². The van der Waals surface area contributed by atoms with E-state index in [4.69, 9.17) is 4.74 Å². The Morgan fingerprint density at radius 2 is 2.00 bits per heavy atom. The number of unbranched alkanes of at least 4 members (excludes halogenated alkanes) is 4. The van der Waals surface area contributed by atoms with Crippen LogP contribution in [0.1, 0.15) is 58.3 Å². The SMILES string of the molecule is CCCCCCCC(NCC1CC1)C(=O)OC. The molecule has 1 fully saturated rings. The van der Waals surface area contributed by atoms with Crippen LogP contribution in [0.25, 0.3) is 0 Å². The lowest BCUT2D eigenvalue weighted by Gasteiger charge is -2.16. The van der Waals surface area contributed by atoms with Crippen molar-refractivity contribution in [3.63, 3.8) is 0 Å². The summed E-state index contributed by atoms with van der Waals surface area (Å²) in [6.45, 7) is 3.20. The summed E-state index contributed by atoms with van der Waals surface area (Å²) in [5.41, 5.74) is 0. The Bertz CT molecular complexity index is 214. The second-order valence-electron chi connectivity index (χ2n) is 5.13. The van der Waals surface area contributed by atoms with Crippen LogP contribution in [0.4, 0.5) is 0 Å². The van der Waals surface area contributed by atoms with Gasteiger partial charge in [-0.2, -0.15) is 0 Å². The van der Waals surface area contributed by atoms with E-state index >= 15 is 0 Å². The second-order valence-corrected chi connectivity index (χ2v) is 5.13. The molecule has 0 saturated heterocycles. The summed E-state index contributed by atoms with van der Waals surface area (Å²) in [5, 5.41) is 3.35. The van der Waals surface area contributed by atoms with Crippen molar-refractivity contribution in [2.75, 3.05) is 13.7 Å². The minimum atomic E-state index is -0.0962. The summed E-state index contributed by atoms with van der Waals surface area (Å²) in [7, 11) is 1.48. The predicted molar refractivity (Wildman–Crippen MR) is 69.9 cm³/mol. The fraction of sp³-hybridized carbons (Fsp3) is 0.929. The minimum absolute atomic E-state index is 0.0813. The second kappa shape index (κ2) is 8.51. The zero-order chi connectivity index (χ0) is 12.5. The van der Waals surface area contributed by atoms with Gasteiger partial charge in [-0.05, 0) is 31.7 Å². The first-order chi connectivity index (χ1) is 8.27. The molecule has 0 amide bonds. The van der Waals surface area contributed by atoms with Gasteiger partial charge in [-0.3, -0.25) is 4.79 Å². The molecule has 0 aliphatic heterocycles. The average molecular weight is 241 g/mol. The van der Waals surface area contributed by atoms with Gasteiger partial charge < -0.3 is 10.1 Å². The molecule has 1 N–H and O–H groups in total. The van der Waals surface area contributed by atoms with Gasteiger partial charge in [-0.1, -0.05) is 39.0 Å². The number of hydrogen-bond donors (Lipinski definition) is 1. The largest absolute Gasteiger partial charge is 0.468 e. The molecule has 0 bridgehead atoms. The minimum Gasteiger partial charge on any atom is -0.468 e. The molecule has 3 heteroatoms. The maximum atomic E-state index is 11.6. The smallest absolute Gasteiger partial charge is 0.322 e. The number of esters is 1.